The van der Waals surface area contributed by atoms with Crippen molar-refractivity contribution < 1.29 is 0 Å². The molecule has 0 saturated carbocycles. The summed E-state index contributed by atoms with van der Waals surface area (Å²) in [5.41, 5.74) is 0. The normalized spacial score (nSPS) is 15.4. The van der Waals surface area contributed by atoms with Gasteiger partial charge in [0.1, 0.15) is 0 Å². The minimum absolute atomic E-state index is 0.826. The highest BCUT2D eigenvalue weighted by Crippen LogP contribution is 2.13. The molecule has 0 amide bonds. The first-order chi connectivity index (χ1) is 7.57. The van der Waals surface area contributed by atoms with Crippen LogP contribution in [0.1, 0.15) is 66.7 Å². The molecule has 1 nitrogen and oxygen atoms in total. The van der Waals surface area contributed by atoms with Crippen molar-refractivity contribution in [3.05, 3.63) is 0 Å². The van der Waals surface area contributed by atoms with Crippen molar-refractivity contribution in [2.45, 2.75) is 66.7 Å². The van der Waals surface area contributed by atoms with Gasteiger partial charge in [0.2, 0.25) is 0 Å². The van der Waals surface area contributed by atoms with Gasteiger partial charge in [-0.15, -0.1) is 0 Å². The zero-order chi connectivity index (χ0) is 12.4. The van der Waals surface area contributed by atoms with E-state index in [2.05, 4.69) is 39.9 Å². The first kappa shape index (κ1) is 16.0. The van der Waals surface area contributed by atoms with E-state index in [0.29, 0.717) is 0 Å². The minimum Gasteiger partial charge on any atom is -0.317 e. The monoisotopic (exact) mass is 227 g/mol. The predicted molar refractivity (Wildman–Crippen MR) is 74.8 cm³/mol. The Hall–Kier alpha value is -0.0400. The van der Waals surface area contributed by atoms with Crippen molar-refractivity contribution in [3.63, 3.8) is 0 Å². The van der Waals surface area contributed by atoms with Crippen LogP contribution in [0.25, 0.3) is 0 Å². The molecule has 0 aromatic carbocycles. The van der Waals surface area contributed by atoms with Crippen LogP contribution < -0.4 is 5.32 Å². The van der Waals surface area contributed by atoms with Crippen LogP contribution in [0.3, 0.4) is 0 Å². The molecule has 1 N–H and O–H groups in total. The molecule has 0 spiro atoms. The highest BCUT2D eigenvalue weighted by molar-refractivity contribution is 4.59. The highest BCUT2D eigenvalue weighted by Gasteiger charge is 2.05. The van der Waals surface area contributed by atoms with Crippen LogP contribution in [0.4, 0.5) is 0 Å². The zero-order valence-electron chi connectivity index (χ0n) is 12.2. The molecule has 98 valence electrons. The third-order valence-electron chi connectivity index (χ3n) is 3.91. The van der Waals surface area contributed by atoms with E-state index in [1.54, 1.807) is 0 Å². The number of rotatable bonds is 10. The lowest BCUT2D eigenvalue weighted by atomic mass is 9.95. The van der Waals surface area contributed by atoms with Crippen molar-refractivity contribution in [1.82, 2.24) is 5.32 Å². The molecule has 0 aromatic rings. The van der Waals surface area contributed by atoms with Gasteiger partial charge in [-0.25, -0.2) is 0 Å². The summed E-state index contributed by atoms with van der Waals surface area (Å²) in [5.74, 6) is 2.60. The van der Waals surface area contributed by atoms with Crippen LogP contribution in [0, 0.1) is 17.8 Å². The number of unbranched alkanes of at least 4 members (excludes halogenated alkanes) is 1. The molecule has 0 aliphatic heterocycles. The Morgan fingerprint density at radius 3 is 2.12 bits per heavy atom. The van der Waals surface area contributed by atoms with E-state index >= 15 is 0 Å². The maximum atomic E-state index is 3.56. The summed E-state index contributed by atoms with van der Waals surface area (Å²) in [6, 6.07) is 0. The van der Waals surface area contributed by atoms with Crippen LogP contribution in [0.15, 0.2) is 0 Å². The van der Waals surface area contributed by atoms with Crippen LogP contribution in [-0.2, 0) is 0 Å². The lowest BCUT2D eigenvalue weighted by Crippen LogP contribution is -2.20. The zero-order valence-corrected chi connectivity index (χ0v) is 12.2. The van der Waals surface area contributed by atoms with Gasteiger partial charge in [-0.05, 0) is 43.7 Å². The van der Waals surface area contributed by atoms with E-state index in [1.807, 2.05) is 0 Å². The Morgan fingerprint density at radius 2 is 1.56 bits per heavy atom. The second kappa shape index (κ2) is 10.1. The van der Waals surface area contributed by atoms with Crippen molar-refractivity contribution in [2.24, 2.45) is 17.8 Å². The van der Waals surface area contributed by atoms with Gasteiger partial charge >= 0.3 is 0 Å². The second-order valence-electron chi connectivity index (χ2n) is 5.77. The minimum atomic E-state index is 0.826. The third kappa shape index (κ3) is 9.21. The molecule has 1 heteroatoms. The van der Waals surface area contributed by atoms with Crippen molar-refractivity contribution >= 4 is 0 Å². The van der Waals surface area contributed by atoms with Gasteiger partial charge in [0, 0.05) is 0 Å². The molecule has 0 aromatic heterocycles. The van der Waals surface area contributed by atoms with E-state index in [9.17, 15) is 0 Å². The predicted octanol–water partition coefficient (Wildman–Crippen LogP) is 4.47. The molecule has 0 radical (unpaired) electrons. The largest absolute Gasteiger partial charge is 0.317 e. The third-order valence-corrected chi connectivity index (χ3v) is 3.91. The summed E-state index contributed by atoms with van der Waals surface area (Å²) in [4.78, 5) is 0. The van der Waals surface area contributed by atoms with Gasteiger partial charge in [0.25, 0.3) is 0 Å². The Morgan fingerprint density at radius 1 is 0.875 bits per heavy atom. The Kier molecular flexibility index (Phi) is 10.1. The van der Waals surface area contributed by atoms with E-state index in [4.69, 9.17) is 0 Å². The highest BCUT2D eigenvalue weighted by atomic mass is 14.8. The van der Waals surface area contributed by atoms with E-state index in [0.717, 1.165) is 17.8 Å². The molecule has 0 fully saturated rings. The average Bonchev–Trinajstić information content (AvgIpc) is 2.26. The number of hydrogen-bond donors (Lipinski definition) is 1. The van der Waals surface area contributed by atoms with Crippen molar-refractivity contribution in [1.29, 1.82) is 0 Å². The van der Waals surface area contributed by atoms with Gasteiger partial charge in [-0.2, -0.15) is 0 Å². The lowest BCUT2D eigenvalue weighted by Gasteiger charge is -2.15. The van der Waals surface area contributed by atoms with E-state index < -0.39 is 0 Å². The Labute approximate surface area is 103 Å². The maximum absolute atomic E-state index is 3.56. The maximum Gasteiger partial charge on any atom is -0.00463 e. The van der Waals surface area contributed by atoms with Crippen molar-refractivity contribution in [3.8, 4) is 0 Å². The van der Waals surface area contributed by atoms with E-state index in [1.165, 1.54) is 45.2 Å². The molecule has 0 bridgehead atoms. The molecule has 16 heavy (non-hydrogen) atoms. The molecular formula is C15H33N. The summed E-state index contributed by atoms with van der Waals surface area (Å²) >= 11 is 0. The number of nitrogens with one attached hydrogen (secondary N) is 1. The molecular weight excluding hydrogens is 194 g/mol. The first-order valence-electron chi connectivity index (χ1n) is 7.28. The number of hydrogen-bond acceptors (Lipinski definition) is 1. The van der Waals surface area contributed by atoms with Gasteiger partial charge in [0.15, 0.2) is 0 Å². The summed E-state index contributed by atoms with van der Waals surface area (Å²) < 4.78 is 0. The second-order valence-corrected chi connectivity index (χ2v) is 5.77. The molecule has 2 unspecified atom stereocenters. The SMILES string of the molecule is CCC(C)CCCCNCCC(C)C(C)C. The molecule has 0 aliphatic carbocycles. The molecule has 0 rings (SSSR count). The first-order valence-corrected chi connectivity index (χ1v) is 7.28. The van der Waals surface area contributed by atoms with Crippen molar-refractivity contribution in [2.75, 3.05) is 13.1 Å². The Bertz CT molecular complexity index is 142. The van der Waals surface area contributed by atoms with Gasteiger partial charge < -0.3 is 5.32 Å². The summed E-state index contributed by atoms with van der Waals surface area (Å²) in [5, 5.41) is 3.56. The summed E-state index contributed by atoms with van der Waals surface area (Å²) in [7, 11) is 0. The quantitative estimate of drug-likeness (QED) is 0.543. The topological polar surface area (TPSA) is 12.0 Å². The lowest BCUT2D eigenvalue weighted by molar-refractivity contribution is 0.381. The van der Waals surface area contributed by atoms with Gasteiger partial charge in [-0.3, -0.25) is 0 Å². The standard InChI is InChI=1S/C15H33N/c1-6-14(4)9-7-8-11-16-12-10-15(5)13(2)3/h13-16H,6-12H2,1-5H3. The van der Waals surface area contributed by atoms with Gasteiger partial charge in [-0.1, -0.05) is 53.9 Å². The van der Waals surface area contributed by atoms with Crippen LogP contribution in [0.2, 0.25) is 0 Å². The summed E-state index contributed by atoms with van der Waals surface area (Å²) in [6.07, 6.45) is 6.80. The van der Waals surface area contributed by atoms with Crippen LogP contribution >= 0.6 is 0 Å². The average molecular weight is 227 g/mol. The van der Waals surface area contributed by atoms with E-state index in [-0.39, 0.29) is 0 Å². The smallest absolute Gasteiger partial charge is 0.00463 e. The Balaban J connectivity index is 3.16. The van der Waals surface area contributed by atoms with Crippen LogP contribution in [0.5, 0.6) is 0 Å². The fourth-order valence-corrected chi connectivity index (χ4v) is 1.73. The fraction of sp³-hybridized carbons (Fsp3) is 1.00. The fourth-order valence-electron chi connectivity index (χ4n) is 1.73. The molecule has 0 saturated heterocycles. The molecule has 0 aliphatic rings. The molecule has 0 heterocycles. The molecule has 2 atom stereocenters. The van der Waals surface area contributed by atoms with Crippen LogP contribution in [-0.4, -0.2) is 13.1 Å². The van der Waals surface area contributed by atoms with Gasteiger partial charge in [0.05, 0.1) is 0 Å². The summed E-state index contributed by atoms with van der Waals surface area (Å²) in [6.45, 7) is 14.0.